The van der Waals surface area contributed by atoms with Crippen molar-refractivity contribution in [2.24, 2.45) is 5.92 Å². The van der Waals surface area contributed by atoms with E-state index in [1.807, 2.05) is 46.7 Å². The second-order valence-corrected chi connectivity index (χ2v) is 8.44. The Morgan fingerprint density at radius 3 is 2.79 bits per heavy atom. The monoisotopic (exact) mass is 408 g/mol. The number of pyridine rings is 1. The molecule has 29 heavy (non-hydrogen) atoms. The maximum absolute atomic E-state index is 13.1. The number of hydrogen-bond acceptors (Lipinski definition) is 3. The lowest BCUT2D eigenvalue weighted by molar-refractivity contribution is 0.0564. The molecule has 0 aliphatic carbocycles. The smallest absolute Gasteiger partial charge is 0.289 e. The van der Waals surface area contributed by atoms with Crippen molar-refractivity contribution in [2.75, 3.05) is 13.1 Å². The van der Waals surface area contributed by atoms with Crippen LogP contribution in [0.2, 0.25) is 5.02 Å². The summed E-state index contributed by atoms with van der Waals surface area (Å²) in [5.74, 6) is 1.34. The maximum Gasteiger partial charge on any atom is 0.289 e. The Morgan fingerprint density at radius 1 is 1.10 bits per heavy atom. The van der Waals surface area contributed by atoms with Gasteiger partial charge >= 0.3 is 0 Å². The molecule has 2 aromatic heterocycles. The van der Waals surface area contributed by atoms with E-state index in [1.165, 1.54) is 0 Å². The minimum absolute atomic E-state index is 0.0458. The molecule has 1 saturated heterocycles. The Kier molecular flexibility index (Phi) is 4.36. The summed E-state index contributed by atoms with van der Waals surface area (Å²) in [6, 6.07) is 14.7. The third-order valence-electron chi connectivity index (χ3n) is 6.04. The number of carbonyl (C=O) groups excluding carboxylic acids is 1. The normalized spacial score (nSPS) is 20.4. The molecule has 6 heteroatoms. The fraction of sp³-hybridized carbons (Fsp3) is 0.304. The van der Waals surface area contributed by atoms with Gasteiger partial charge in [0.05, 0.1) is 0 Å². The van der Waals surface area contributed by atoms with Crippen LogP contribution in [-0.4, -0.2) is 28.5 Å². The van der Waals surface area contributed by atoms with Crippen LogP contribution in [-0.2, 0) is 6.54 Å². The first-order chi connectivity index (χ1) is 14.0. The number of halogens is 1. The highest BCUT2D eigenvalue weighted by Crippen LogP contribution is 2.36. The minimum Gasteiger partial charge on any atom is -0.451 e. The molecule has 0 spiro atoms. The van der Waals surface area contributed by atoms with Crippen LogP contribution >= 0.6 is 11.6 Å². The Balaban J connectivity index is 1.39. The molecule has 5 nitrogen and oxygen atoms in total. The number of benzene rings is 1. The van der Waals surface area contributed by atoms with Gasteiger partial charge in [0.15, 0.2) is 5.76 Å². The van der Waals surface area contributed by atoms with E-state index in [2.05, 4.69) is 0 Å². The first kappa shape index (κ1) is 18.3. The molecule has 1 amide bonds. The molecule has 148 valence electrons. The van der Waals surface area contributed by atoms with Gasteiger partial charge in [-0.3, -0.25) is 9.59 Å². The number of aromatic nitrogens is 1. The summed E-state index contributed by atoms with van der Waals surface area (Å²) >= 11 is 6.22. The van der Waals surface area contributed by atoms with Crippen molar-refractivity contribution in [1.82, 2.24) is 9.47 Å². The molecule has 1 aromatic carbocycles. The molecule has 3 aromatic rings. The van der Waals surface area contributed by atoms with E-state index < -0.39 is 0 Å². The number of piperidine rings is 1. The Morgan fingerprint density at radius 2 is 1.97 bits per heavy atom. The van der Waals surface area contributed by atoms with Gasteiger partial charge in [-0.1, -0.05) is 29.8 Å². The molecular formula is C23H21ClN2O3. The zero-order chi connectivity index (χ0) is 20.1. The summed E-state index contributed by atoms with van der Waals surface area (Å²) in [6.07, 6.45) is 1.01. The topological polar surface area (TPSA) is 55.5 Å². The summed E-state index contributed by atoms with van der Waals surface area (Å²) in [4.78, 5) is 27.2. The van der Waals surface area contributed by atoms with Gasteiger partial charge in [-0.05, 0) is 49.1 Å². The molecule has 0 radical (unpaired) electrons. The molecule has 2 bridgehead atoms. The number of rotatable bonds is 2. The van der Waals surface area contributed by atoms with Crippen LogP contribution in [0.15, 0.2) is 57.7 Å². The Labute approximate surface area is 173 Å². The lowest BCUT2D eigenvalue weighted by atomic mass is 9.83. The Hall–Kier alpha value is -2.79. The van der Waals surface area contributed by atoms with Crippen molar-refractivity contribution in [3.63, 3.8) is 0 Å². The summed E-state index contributed by atoms with van der Waals surface area (Å²) in [5, 5.41) is 0.671. The SMILES string of the molecule is Cc1ccc(-c2ccc(C(=O)N3CC4CC(C3)c3cccc(=O)n3C4)o2)cc1Cl. The number of carbonyl (C=O) groups is 1. The molecule has 0 saturated carbocycles. The predicted octanol–water partition coefficient (Wildman–Crippen LogP) is 4.33. The highest BCUT2D eigenvalue weighted by molar-refractivity contribution is 6.31. The molecule has 1 fully saturated rings. The van der Waals surface area contributed by atoms with Gasteiger partial charge in [0.2, 0.25) is 0 Å². The lowest BCUT2D eigenvalue weighted by Gasteiger charge is -2.42. The lowest BCUT2D eigenvalue weighted by Crippen LogP contribution is -2.49. The van der Waals surface area contributed by atoms with Gasteiger partial charge in [-0.2, -0.15) is 0 Å². The summed E-state index contributed by atoms with van der Waals surface area (Å²) < 4.78 is 7.75. The second kappa shape index (κ2) is 6.92. The van der Waals surface area contributed by atoms with Crippen LogP contribution in [0.25, 0.3) is 11.3 Å². The van der Waals surface area contributed by atoms with Crippen molar-refractivity contribution in [1.29, 1.82) is 0 Å². The molecule has 2 aliphatic heterocycles. The predicted molar refractivity (Wildman–Crippen MR) is 111 cm³/mol. The quantitative estimate of drug-likeness (QED) is 0.634. The van der Waals surface area contributed by atoms with E-state index in [4.69, 9.17) is 16.0 Å². The van der Waals surface area contributed by atoms with Crippen LogP contribution in [0.1, 0.15) is 34.2 Å². The molecule has 4 heterocycles. The molecule has 0 N–H and O–H groups in total. The van der Waals surface area contributed by atoms with E-state index in [0.29, 0.717) is 36.2 Å². The van der Waals surface area contributed by atoms with E-state index in [-0.39, 0.29) is 23.3 Å². The largest absolute Gasteiger partial charge is 0.451 e. The third kappa shape index (κ3) is 3.19. The highest BCUT2D eigenvalue weighted by Gasteiger charge is 2.37. The standard InChI is InChI=1S/C23H21ClN2O3/c1-14-5-6-16(10-18(14)24)20-7-8-21(29-20)23(28)25-11-15-9-17(13-25)19-3-2-4-22(27)26(19)12-15/h2-8,10,15,17H,9,11-13H2,1H3. The van der Waals surface area contributed by atoms with E-state index in [1.54, 1.807) is 18.2 Å². The van der Waals surface area contributed by atoms with Gasteiger partial charge in [0.1, 0.15) is 5.76 Å². The third-order valence-corrected chi connectivity index (χ3v) is 6.45. The Bertz CT molecular complexity index is 1160. The number of furan rings is 1. The number of nitrogens with zero attached hydrogens (tertiary/aromatic N) is 2. The van der Waals surface area contributed by atoms with Crippen LogP contribution in [0.4, 0.5) is 0 Å². The van der Waals surface area contributed by atoms with Gasteiger partial charge in [0.25, 0.3) is 11.5 Å². The molecule has 2 atom stereocenters. The molecular weight excluding hydrogens is 388 g/mol. The summed E-state index contributed by atoms with van der Waals surface area (Å²) in [6.45, 7) is 3.86. The van der Waals surface area contributed by atoms with Crippen LogP contribution < -0.4 is 5.56 Å². The number of aryl methyl sites for hydroxylation is 1. The zero-order valence-electron chi connectivity index (χ0n) is 16.1. The van der Waals surface area contributed by atoms with Gasteiger partial charge in [-0.25, -0.2) is 0 Å². The van der Waals surface area contributed by atoms with Gasteiger partial charge in [-0.15, -0.1) is 0 Å². The zero-order valence-corrected chi connectivity index (χ0v) is 16.9. The molecule has 2 aliphatic rings. The highest BCUT2D eigenvalue weighted by atomic mass is 35.5. The number of hydrogen-bond donors (Lipinski definition) is 0. The van der Waals surface area contributed by atoms with E-state index >= 15 is 0 Å². The van der Waals surface area contributed by atoms with Crippen LogP contribution in [0, 0.1) is 12.8 Å². The van der Waals surface area contributed by atoms with Crippen LogP contribution in [0.5, 0.6) is 0 Å². The van der Waals surface area contributed by atoms with Crippen molar-refractivity contribution >= 4 is 17.5 Å². The summed E-state index contributed by atoms with van der Waals surface area (Å²) in [5.41, 5.74) is 2.92. The first-order valence-corrected chi connectivity index (χ1v) is 10.2. The maximum atomic E-state index is 13.1. The van der Waals surface area contributed by atoms with Gasteiger partial charge in [0, 0.05) is 47.9 Å². The van der Waals surface area contributed by atoms with Gasteiger partial charge < -0.3 is 13.9 Å². The van der Waals surface area contributed by atoms with Crippen LogP contribution in [0.3, 0.4) is 0 Å². The number of amides is 1. The van der Waals surface area contributed by atoms with Crippen molar-refractivity contribution in [3.05, 3.63) is 80.9 Å². The first-order valence-electron chi connectivity index (χ1n) is 9.85. The second-order valence-electron chi connectivity index (χ2n) is 8.04. The fourth-order valence-electron chi connectivity index (χ4n) is 4.57. The molecule has 5 rings (SSSR count). The van der Waals surface area contributed by atoms with E-state index in [9.17, 15) is 9.59 Å². The number of fused-ring (bicyclic) bond motifs is 4. The van der Waals surface area contributed by atoms with Crippen molar-refractivity contribution < 1.29 is 9.21 Å². The average molecular weight is 409 g/mol. The van der Waals surface area contributed by atoms with Crippen molar-refractivity contribution in [2.45, 2.75) is 25.8 Å². The average Bonchev–Trinajstić information content (AvgIpc) is 3.20. The number of likely N-dealkylation sites (tertiary alicyclic amines) is 1. The van der Waals surface area contributed by atoms with Crippen molar-refractivity contribution in [3.8, 4) is 11.3 Å². The van der Waals surface area contributed by atoms with E-state index in [0.717, 1.165) is 23.2 Å². The minimum atomic E-state index is -0.101. The fourth-order valence-corrected chi connectivity index (χ4v) is 4.75. The molecule has 2 unspecified atom stereocenters. The summed E-state index contributed by atoms with van der Waals surface area (Å²) in [7, 11) is 0.